The fourth-order valence-corrected chi connectivity index (χ4v) is 4.23. The molecule has 0 unspecified atom stereocenters. The summed E-state index contributed by atoms with van der Waals surface area (Å²) in [6, 6.07) is 7.23. The normalized spacial score (nSPS) is 12.5. The van der Waals surface area contributed by atoms with Gasteiger partial charge in [0, 0.05) is 11.8 Å². The van der Waals surface area contributed by atoms with Crippen molar-refractivity contribution in [2.24, 2.45) is 0 Å². The van der Waals surface area contributed by atoms with Gasteiger partial charge in [-0.1, -0.05) is 32.0 Å². The lowest BCUT2D eigenvalue weighted by Crippen LogP contribution is -2.45. The molecule has 0 saturated heterocycles. The number of halogens is 2. The van der Waals surface area contributed by atoms with Gasteiger partial charge in [0.15, 0.2) is 11.6 Å². The van der Waals surface area contributed by atoms with Crippen LogP contribution in [0.2, 0.25) is 0 Å². The first kappa shape index (κ1) is 21.8. The number of carbonyl (C=O) groups is 1. The highest BCUT2D eigenvalue weighted by Crippen LogP contribution is 2.26. The Morgan fingerprint density at radius 3 is 2.11 bits per heavy atom. The largest absolute Gasteiger partial charge is 0.324 e. The van der Waals surface area contributed by atoms with Crippen molar-refractivity contribution in [1.82, 2.24) is 0 Å². The lowest BCUT2D eigenvalue weighted by Gasteiger charge is -2.29. The maximum Gasteiger partial charge on any atom is 0.248 e. The van der Waals surface area contributed by atoms with E-state index in [4.69, 9.17) is 0 Å². The molecule has 8 heteroatoms. The minimum atomic E-state index is -3.93. The number of nitrogens with zero attached hydrogens (tertiary/aromatic N) is 1. The van der Waals surface area contributed by atoms with Crippen LogP contribution in [0.25, 0.3) is 0 Å². The van der Waals surface area contributed by atoms with E-state index in [0.29, 0.717) is 18.5 Å². The Morgan fingerprint density at radius 2 is 1.64 bits per heavy atom. The second kappa shape index (κ2) is 8.68. The zero-order valence-corrected chi connectivity index (χ0v) is 17.1. The highest BCUT2D eigenvalue weighted by Gasteiger charge is 2.30. The first-order chi connectivity index (χ1) is 13.1. The third-order valence-corrected chi connectivity index (χ3v) is 5.73. The summed E-state index contributed by atoms with van der Waals surface area (Å²) in [5, 5.41) is 2.82. The summed E-state index contributed by atoms with van der Waals surface area (Å²) < 4.78 is 52.3. The molecule has 0 bridgehead atoms. The second-order valence-electron chi connectivity index (χ2n) is 6.48. The first-order valence-electron chi connectivity index (χ1n) is 8.96. The Hall–Kier alpha value is -2.48. The molecule has 2 aromatic rings. The molecule has 2 rings (SSSR count). The van der Waals surface area contributed by atoms with Gasteiger partial charge in [0.25, 0.3) is 0 Å². The smallest absolute Gasteiger partial charge is 0.248 e. The summed E-state index contributed by atoms with van der Waals surface area (Å²) in [6.45, 7) is 5.31. The molecule has 1 atom stereocenters. The zero-order valence-electron chi connectivity index (χ0n) is 16.3. The van der Waals surface area contributed by atoms with Crippen molar-refractivity contribution in [2.45, 2.75) is 39.7 Å². The van der Waals surface area contributed by atoms with Crippen LogP contribution in [-0.2, 0) is 27.7 Å². The fourth-order valence-electron chi connectivity index (χ4n) is 3.06. The number of nitrogens with one attached hydrogen (secondary N) is 1. The van der Waals surface area contributed by atoms with Gasteiger partial charge >= 0.3 is 0 Å². The SMILES string of the molecule is CCc1cccc(CC)c1NC(=O)[C@@H](C)N(c1ccc(F)c(F)c1)S(C)(=O)=O. The van der Waals surface area contributed by atoms with Crippen LogP contribution in [-0.4, -0.2) is 26.6 Å². The molecule has 1 amide bonds. The monoisotopic (exact) mass is 410 g/mol. The van der Waals surface area contributed by atoms with Gasteiger partial charge in [-0.2, -0.15) is 0 Å². The number of para-hydroxylation sites is 1. The summed E-state index contributed by atoms with van der Waals surface area (Å²) in [7, 11) is -3.93. The summed E-state index contributed by atoms with van der Waals surface area (Å²) in [6.07, 6.45) is 2.29. The molecule has 0 spiro atoms. The van der Waals surface area contributed by atoms with Gasteiger partial charge in [-0.25, -0.2) is 17.2 Å². The number of hydrogen-bond donors (Lipinski definition) is 1. The predicted molar refractivity (Wildman–Crippen MR) is 107 cm³/mol. The highest BCUT2D eigenvalue weighted by molar-refractivity contribution is 7.92. The average Bonchev–Trinajstić information content (AvgIpc) is 2.63. The van der Waals surface area contributed by atoms with Gasteiger partial charge in [0.05, 0.1) is 11.9 Å². The number of hydrogen-bond acceptors (Lipinski definition) is 3. The van der Waals surface area contributed by atoms with E-state index in [2.05, 4.69) is 5.32 Å². The molecular weight excluding hydrogens is 386 g/mol. The molecule has 5 nitrogen and oxygen atoms in total. The number of carbonyl (C=O) groups excluding carboxylic acids is 1. The van der Waals surface area contributed by atoms with E-state index in [0.717, 1.165) is 39.9 Å². The molecule has 28 heavy (non-hydrogen) atoms. The molecular formula is C20H24F2N2O3S. The molecule has 0 aliphatic carbocycles. The minimum Gasteiger partial charge on any atom is -0.324 e. The van der Waals surface area contributed by atoms with Crippen LogP contribution in [0, 0.1) is 11.6 Å². The lowest BCUT2D eigenvalue weighted by atomic mass is 10.0. The molecule has 0 aliphatic rings. The number of benzene rings is 2. The zero-order chi connectivity index (χ0) is 21.1. The van der Waals surface area contributed by atoms with Crippen molar-refractivity contribution >= 4 is 27.3 Å². The summed E-state index contributed by atoms with van der Waals surface area (Å²) >= 11 is 0. The molecule has 1 N–H and O–H groups in total. The summed E-state index contributed by atoms with van der Waals surface area (Å²) in [5.74, 6) is -2.85. The van der Waals surface area contributed by atoms with Crippen LogP contribution in [0.4, 0.5) is 20.2 Å². The van der Waals surface area contributed by atoms with Crippen LogP contribution in [0.1, 0.15) is 31.9 Å². The summed E-state index contributed by atoms with van der Waals surface area (Å²) in [4.78, 5) is 12.9. The Kier molecular flexibility index (Phi) is 6.77. The van der Waals surface area contributed by atoms with E-state index in [-0.39, 0.29) is 5.69 Å². The van der Waals surface area contributed by atoms with Crippen molar-refractivity contribution in [2.75, 3.05) is 15.9 Å². The standard InChI is InChI=1S/C20H24F2N2O3S/c1-5-14-8-7-9-15(6-2)19(14)23-20(25)13(3)24(28(4,26)27)16-10-11-17(21)18(22)12-16/h7-13H,5-6H2,1-4H3,(H,23,25)/t13-/m1/s1. The Labute approximate surface area is 164 Å². The van der Waals surface area contributed by atoms with Gasteiger partial charge in [0.2, 0.25) is 15.9 Å². The number of aryl methyl sites for hydroxylation is 2. The molecule has 152 valence electrons. The third kappa shape index (κ3) is 4.67. The predicted octanol–water partition coefficient (Wildman–Crippen LogP) is 3.88. The molecule has 0 radical (unpaired) electrons. The maximum absolute atomic E-state index is 13.6. The second-order valence-corrected chi connectivity index (χ2v) is 8.34. The Bertz CT molecular complexity index is 955. The topological polar surface area (TPSA) is 66.5 Å². The van der Waals surface area contributed by atoms with Crippen LogP contribution in [0.5, 0.6) is 0 Å². The lowest BCUT2D eigenvalue weighted by molar-refractivity contribution is -0.116. The van der Waals surface area contributed by atoms with Crippen LogP contribution >= 0.6 is 0 Å². The first-order valence-corrected chi connectivity index (χ1v) is 10.8. The van der Waals surface area contributed by atoms with E-state index in [1.807, 2.05) is 32.0 Å². The van der Waals surface area contributed by atoms with Gasteiger partial charge in [0.1, 0.15) is 6.04 Å². The highest BCUT2D eigenvalue weighted by atomic mass is 32.2. The van der Waals surface area contributed by atoms with Crippen LogP contribution in [0.15, 0.2) is 36.4 Å². The third-order valence-electron chi connectivity index (χ3n) is 4.49. The van der Waals surface area contributed by atoms with Crippen LogP contribution in [0.3, 0.4) is 0 Å². The number of sulfonamides is 1. The molecule has 0 aliphatic heterocycles. The molecule has 0 fully saturated rings. The van der Waals surface area contributed by atoms with Gasteiger partial charge in [-0.05, 0) is 43.0 Å². The minimum absolute atomic E-state index is 0.122. The van der Waals surface area contributed by atoms with E-state index in [1.165, 1.54) is 6.92 Å². The van der Waals surface area contributed by atoms with E-state index >= 15 is 0 Å². The number of anilines is 2. The summed E-state index contributed by atoms with van der Waals surface area (Å²) in [5.41, 5.74) is 2.39. The number of amides is 1. The average molecular weight is 410 g/mol. The van der Waals surface area contributed by atoms with E-state index in [1.54, 1.807) is 0 Å². The van der Waals surface area contributed by atoms with Gasteiger partial charge < -0.3 is 5.32 Å². The molecule has 2 aromatic carbocycles. The van der Waals surface area contributed by atoms with Crippen molar-refractivity contribution < 1.29 is 22.0 Å². The number of rotatable bonds is 7. The van der Waals surface area contributed by atoms with Crippen molar-refractivity contribution in [3.05, 3.63) is 59.2 Å². The van der Waals surface area contributed by atoms with E-state index in [9.17, 15) is 22.0 Å². The quantitative estimate of drug-likeness (QED) is 0.753. The molecule has 0 heterocycles. The molecule has 0 aromatic heterocycles. The van der Waals surface area contributed by atoms with Gasteiger partial charge in [-0.3, -0.25) is 9.10 Å². The van der Waals surface area contributed by atoms with Crippen molar-refractivity contribution in [1.29, 1.82) is 0 Å². The Balaban J connectivity index is 2.42. The maximum atomic E-state index is 13.6. The van der Waals surface area contributed by atoms with Crippen LogP contribution < -0.4 is 9.62 Å². The van der Waals surface area contributed by atoms with E-state index < -0.39 is 33.6 Å². The fraction of sp³-hybridized carbons (Fsp3) is 0.350. The molecule has 0 saturated carbocycles. The van der Waals surface area contributed by atoms with Crippen molar-refractivity contribution in [3.63, 3.8) is 0 Å². The van der Waals surface area contributed by atoms with Crippen molar-refractivity contribution in [3.8, 4) is 0 Å². The Morgan fingerprint density at radius 1 is 1.07 bits per heavy atom. The van der Waals surface area contributed by atoms with Gasteiger partial charge in [-0.15, -0.1) is 0 Å².